The number of carbonyl (C=O) groups is 2. The molecule has 1 aromatic carbocycles. The summed E-state index contributed by atoms with van der Waals surface area (Å²) in [5.41, 5.74) is 1.19. The lowest BCUT2D eigenvalue weighted by molar-refractivity contribution is -0.114. The third-order valence-corrected chi connectivity index (χ3v) is 3.72. The molecule has 1 aliphatic rings. The fourth-order valence-electron chi connectivity index (χ4n) is 2.22. The molecule has 0 bridgehead atoms. The first-order valence-corrected chi connectivity index (χ1v) is 7.21. The van der Waals surface area contributed by atoms with Crippen LogP contribution < -0.4 is 4.90 Å². The SMILES string of the molecule is O=C1C(=O)N(CCCCCCO)c2cc(Br)ccc21. The van der Waals surface area contributed by atoms with Crippen LogP contribution in [0, 0.1) is 0 Å². The number of anilines is 1. The van der Waals surface area contributed by atoms with Gasteiger partial charge in [0.25, 0.3) is 11.7 Å². The molecule has 0 atom stereocenters. The number of aliphatic hydroxyl groups is 1. The van der Waals surface area contributed by atoms with Crippen molar-refractivity contribution in [1.82, 2.24) is 0 Å². The van der Waals surface area contributed by atoms with Gasteiger partial charge in [-0.2, -0.15) is 0 Å². The van der Waals surface area contributed by atoms with Crippen LogP contribution in [0.25, 0.3) is 0 Å². The Morgan fingerprint density at radius 3 is 2.58 bits per heavy atom. The third-order valence-electron chi connectivity index (χ3n) is 3.22. The summed E-state index contributed by atoms with van der Waals surface area (Å²) in [6.45, 7) is 0.760. The number of halogens is 1. The molecule has 0 unspecified atom stereocenters. The van der Waals surface area contributed by atoms with Gasteiger partial charge in [-0.3, -0.25) is 9.59 Å². The molecule has 1 amide bonds. The summed E-state index contributed by atoms with van der Waals surface area (Å²) >= 11 is 3.36. The largest absolute Gasteiger partial charge is 0.396 e. The van der Waals surface area contributed by atoms with Crippen LogP contribution in [0.5, 0.6) is 0 Å². The van der Waals surface area contributed by atoms with Crippen LogP contribution in [-0.4, -0.2) is 29.9 Å². The number of unbranched alkanes of at least 4 members (excludes halogenated alkanes) is 3. The Kier molecular flexibility index (Phi) is 4.71. The van der Waals surface area contributed by atoms with Crippen LogP contribution >= 0.6 is 15.9 Å². The van der Waals surface area contributed by atoms with Crippen molar-refractivity contribution in [2.45, 2.75) is 25.7 Å². The molecule has 2 rings (SSSR count). The van der Waals surface area contributed by atoms with Gasteiger partial charge in [-0.15, -0.1) is 0 Å². The molecule has 1 heterocycles. The van der Waals surface area contributed by atoms with Crippen molar-refractivity contribution < 1.29 is 14.7 Å². The number of amides is 1. The zero-order chi connectivity index (χ0) is 13.8. The van der Waals surface area contributed by atoms with E-state index < -0.39 is 11.7 Å². The van der Waals surface area contributed by atoms with E-state index in [2.05, 4.69) is 15.9 Å². The van der Waals surface area contributed by atoms with E-state index in [1.54, 1.807) is 17.0 Å². The maximum Gasteiger partial charge on any atom is 0.299 e. The van der Waals surface area contributed by atoms with Crippen molar-refractivity contribution in [1.29, 1.82) is 0 Å². The Hall–Kier alpha value is -1.20. The first-order chi connectivity index (χ1) is 9.15. The van der Waals surface area contributed by atoms with Crippen molar-refractivity contribution in [3.8, 4) is 0 Å². The second-order valence-corrected chi connectivity index (χ2v) is 5.50. The smallest absolute Gasteiger partial charge is 0.299 e. The maximum atomic E-state index is 11.9. The number of ketones is 1. The zero-order valence-electron chi connectivity index (χ0n) is 10.6. The molecule has 0 radical (unpaired) electrons. The third kappa shape index (κ3) is 3.04. The minimum Gasteiger partial charge on any atom is -0.396 e. The fourth-order valence-corrected chi connectivity index (χ4v) is 2.57. The molecule has 4 nitrogen and oxygen atoms in total. The van der Waals surface area contributed by atoms with E-state index in [0.29, 0.717) is 17.8 Å². The molecule has 0 aliphatic carbocycles. The maximum absolute atomic E-state index is 11.9. The lowest BCUT2D eigenvalue weighted by Crippen LogP contribution is -2.30. The van der Waals surface area contributed by atoms with Crippen LogP contribution in [0.1, 0.15) is 36.0 Å². The minimum atomic E-state index is -0.435. The molecular formula is C14H16BrNO3. The fraction of sp³-hybridized carbons (Fsp3) is 0.429. The molecule has 1 aromatic rings. The molecule has 0 saturated heterocycles. The van der Waals surface area contributed by atoms with E-state index in [4.69, 9.17) is 5.11 Å². The number of rotatable bonds is 6. The van der Waals surface area contributed by atoms with Crippen molar-refractivity contribution >= 4 is 33.3 Å². The van der Waals surface area contributed by atoms with Crippen molar-refractivity contribution in [3.05, 3.63) is 28.2 Å². The number of Topliss-reactive ketones (excluding diaryl/α,β-unsaturated/α-hetero) is 1. The summed E-state index contributed by atoms with van der Waals surface area (Å²) in [5, 5.41) is 8.70. The van der Waals surface area contributed by atoms with Gasteiger partial charge in [0, 0.05) is 17.6 Å². The number of aliphatic hydroxyl groups excluding tert-OH is 1. The van der Waals surface area contributed by atoms with E-state index in [9.17, 15) is 9.59 Å². The van der Waals surface area contributed by atoms with Gasteiger partial charge in [0.1, 0.15) is 0 Å². The van der Waals surface area contributed by atoms with Crippen LogP contribution in [-0.2, 0) is 4.79 Å². The summed E-state index contributed by atoms with van der Waals surface area (Å²) in [5.74, 6) is -0.854. The highest BCUT2D eigenvalue weighted by atomic mass is 79.9. The Morgan fingerprint density at radius 2 is 1.84 bits per heavy atom. The topological polar surface area (TPSA) is 57.6 Å². The molecular weight excluding hydrogens is 310 g/mol. The van der Waals surface area contributed by atoms with Gasteiger partial charge >= 0.3 is 0 Å². The average Bonchev–Trinajstić information content (AvgIpc) is 2.63. The van der Waals surface area contributed by atoms with Crippen LogP contribution in [0.4, 0.5) is 5.69 Å². The van der Waals surface area contributed by atoms with Crippen molar-refractivity contribution in [2.24, 2.45) is 0 Å². The van der Waals surface area contributed by atoms with Crippen LogP contribution in [0.3, 0.4) is 0 Å². The number of hydrogen-bond donors (Lipinski definition) is 1. The normalized spacial score (nSPS) is 14.1. The molecule has 0 saturated carbocycles. The molecule has 1 aliphatic heterocycles. The quantitative estimate of drug-likeness (QED) is 0.646. The predicted octanol–water partition coefficient (Wildman–Crippen LogP) is 2.53. The number of nitrogens with zero attached hydrogens (tertiary/aromatic N) is 1. The molecule has 0 spiro atoms. The van der Waals surface area contributed by atoms with Gasteiger partial charge in [0.2, 0.25) is 0 Å². The predicted molar refractivity (Wildman–Crippen MR) is 76.4 cm³/mol. The van der Waals surface area contributed by atoms with Crippen molar-refractivity contribution in [3.63, 3.8) is 0 Å². The first-order valence-electron chi connectivity index (χ1n) is 6.41. The summed E-state index contributed by atoms with van der Waals surface area (Å²) in [6, 6.07) is 5.27. The molecule has 0 fully saturated rings. The van der Waals surface area contributed by atoms with E-state index in [-0.39, 0.29) is 6.61 Å². The Labute approximate surface area is 120 Å². The number of benzene rings is 1. The number of fused-ring (bicyclic) bond motifs is 1. The van der Waals surface area contributed by atoms with E-state index in [0.717, 1.165) is 30.2 Å². The molecule has 0 aromatic heterocycles. The van der Waals surface area contributed by atoms with Crippen molar-refractivity contribution in [2.75, 3.05) is 18.1 Å². The Balaban J connectivity index is 2.04. The highest BCUT2D eigenvalue weighted by Crippen LogP contribution is 2.31. The van der Waals surface area contributed by atoms with Crippen LogP contribution in [0.15, 0.2) is 22.7 Å². The summed E-state index contributed by atoms with van der Waals surface area (Å²) < 4.78 is 0.860. The standard InChI is InChI=1S/C14H16BrNO3/c15-10-5-6-11-12(9-10)16(14(19)13(11)18)7-3-1-2-4-8-17/h5-6,9,17H,1-4,7-8H2. The highest BCUT2D eigenvalue weighted by molar-refractivity contribution is 9.10. The second kappa shape index (κ2) is 6.30. The monoisotopic (exact) mass is 325 g/mol. The van der Waals surface area contributed by atoms with Gasteiger partial charge in [-0.1, -0.05) is 28.8 Å². The van der Waals surface area contributed by atoms with Gasteiger partial charge in [0.15, 0.2) is 0 Å². The lowest BCUT2D eigenvalue weighted by Gasteiger charge is -2.16. The van der Waals surface area contributed by atoms with Gasteiger partial charge in [-0.05, 0) is 31.0 Å². The second-order valence-electron chi connectivity index (χ2n) is 4.59. The molecule has 102 valence electrons. The van der Waals surface area contributed by atoms with Gasteiger partial charge in [0.05, 0.1) is 11.3 Å². The number of carbonyl (C=O) groups excluding carboxylic acids is 2. The van der Waals surface area contributed by atoms with Gasteiger partial charge < -0.3 is 10.0 Å². The highest BCUT2D eigenvalue weighted by Gasteiger charge is 2.35. The average molecular weight is 326 g/mol. The molecule has 19 heavy (non-hydrogen) atoms. The Bertz CT molecular complexity index is 501. The van der Waals surface area contributed by atoms with Crippen LogP contribution in [0.2, 0.25) is 0 Å². The summed E-state index contributed by atoms with van der Waals surface area (Å²) in [7, 11) is 0. The number of hydrogen-bond acceptors (Lipinski definition) is 3. The van der Waals surface area contributed by atoms with E-state index >= 15 is 0 Å². The minimum absolute atomic E-state index is 0.205. The summed E-state index contributed by atoms with van der Waals surface area (Å²) in [4.78, 5) is 25.3. The molecule has 5 heteroatoms. The summed E-state index contributed by atoms with van der Waals surface area (Å²) in [6.07, 6.45) is 3.51. The first kappa shape index (κ1) is 14.2. The zero-order valence-corrected chi connectivity index (χ0v) is 12.1. The van der Waals surface area contributed by atoms with E-state index in [1.165, 1.54) is 0 Å². The van der Waals surface area contributed by atoms with Gasteiger partial charge in [-0.25, -0.2) is 0 Å². The van der Waals surface area contributed by atoms with E-state index in [1.807, 2.05) is 6.07 Å². The Morgan fingerprint density at radius 1 is 1.11 bits per heavy atom. The molecule has 1 N–H and O–H groups in total. The lowest BCUT2D eigenvalue weighted by atomic mass is 10.1.